The maximum atomic E-state index is 13.9. The number of hydrogen-bond acceptors (Lipinski definition) is 4. The Kier molecular flexibility index (Phi) is 8.61. The number of ether oxygens (including phenoxy) is 1. The van der Waals surface area contributed by atoms with Gasteiger partial charge in [0.2, 0.25) is 11.8 Å². The molecule has 3 rings (SSSR count). The summed E-state index contributed by atoms with van der Waals surface area (Å²) in [7, 11) is 1.66. The maximum Gasteiger partial charge on any atom is 0.229 e. The maximum absolute atomic E-state index is 13.9. The van der Waals surface area contributed by atoms with Crippen LogP contribution in [0.15, 0.2) is 42.5 Å². The van der Waals surface area contributed by atoms with E-state index in [2.05, 4.69) is 6.92 Å². The Hall–Kier alpha value is -3.00. The molecule has 0 spiro atoms. The normalized spacial score (nSPS) is 15.1. The minimum absolute atomic E-state index is 0.0626. The molecule has 34 heavy (non-hydrogen) atoms. The van der Waals surface area contributed by atoms with E-state index in [1.54, 1.807) is 24.1 Å². The van der Waals surface area contributed by atoms with Gasteiger partial charge in [-0.15, -0.1) is 0 Å². The highest BCUT2D eigenvalue weighted by Gasteiger charge is 2.36. The molecule has 0 unspecified atom stereocenters. The number of carbonyl (C=O) groups excluding carboxylic acids is 2. The molecule has 8 heteroatoms. The molecule has 0 saturated carbocycles. The van der Waals surface area contributed by atoms with E-state index in [0.717, 1.165) is 30.7 Å². The van der Waals surface area contributed by atoms with E-state index in [0.29, 0.717) is 12.3 Å². The number of piperidine rings is 1. The van der Waals surface area contributed by atoms with Crippen LogP contribution in [0, 0.1) is 11.6 Å². The summed E-state index contributed by atoms with van der Waals surface area (Å²) in [4.78, 5) is 28.4. The van der Waals surface area contributed by atoms with Gasteiger partial charge in [0.25, 0.3) is 0 Å². The highest BCUT2D eigenvalue weighted by Crippen LogP contribution is 2.28. The number of benzene rings is 2. The third kappa shape index (κ3) is 6.76. The number of aliphatic hydroxyl groups is 1. The summed E-state index contributed by atoms with van der Waals surface area (Å²) in [6.07, 6.45) is 2.28. The number of likely N-dealkylation sites (tertiary alicyclic amines) is 1. The van der Waals surface area contributed by atoms with E-state index >= 15 is 0 Å². The summed E-state index contributed by atoms with van der Waals surface area (Å²) in [6, 6.07) is 10.4. The van der Waals surface area contributed by atoms with Gasteiger partial charge in [-0.05, 0) is 55.2 Å². The molecule has 184 valence electrons. The number of nitrogens with zero attached hydrogens (tertiary/aromatic N) is 2. The van der Waals surface area contributed by atoms with E-state index in [9.17, 15) is 23.5 Å². The predicted octanol–water partition coefficient (Wildman–Crippen LogP) is 4.09. The van der Waals surface area contributed by atoms with Crippen LogP contribution >= 0.6 is 0 Å². The average molecular weight is 475 g/mol. The first kappa shape index (κ1) is 25.6. The lowest BCUT2D eigenvalue weighted by Gasteiger charge is -2.38. The predicted molar refractivity (Wildman–Crippen MR) is 126 cm³/mol. The average Bonchev–Trinajstić information content (AvgIpc) is 2.81. The van der Waals surface area contributed by atoms with Crippen molar-refractivity contribution in [3.8, 4) is 5.75 Å². The Morgan fingerprint density at radius 2 is 1.79 bits per heavy atom. The number of carbonyl (C=O) groups is 2. The van der Waals surface area contributed by atoms with Crippen LogP contribution in [0.25, 0.3) is 0 Å². The molecule has 2 amide bonds. The first-order valence-corrected chi connectivity index (χ1v) is 11.6. The third-order valence-corrected chi connectivity index (χ3v) is 6.25. The Balaban J connectivity index is 1.50. The zero-order valence-corrected chi connectivity index (χ0v) is 19.7. The number of halogens is 2. The fourth-order valence-corrected chi connectivity index (χ4v) is 3.93. The summed E-state index contributed by atoms with van der Waals surface area (Å²) >= 11 is 0. The zero-order valence-electron chi connectivity index (χ0n) is 19.7. The van der Waals surface area contributed by atoms with Crippen LogP contribution in [0.3, 0.4) is 0 Å². The second-order valence-electron chi connectivity index (χ2n) is 8.84. The van der Waals surface area contributed by atoms with Gasteiger partial charge in [-0.3, -0.25) is 9.59 Å². The number of anilines is 1. The van der Waals surface area contributed by atoms with Crippen molar-refractivity contribution in [3.05, 3.63) is 59.7 Å². The van der Waals surface area contributed by atoms with Gasteiger partial charge in [-0.1, -0.05) is 19.4 Å². The molecular weight excluding hydrogens is 442 g/mol. The Bertz CT molecular complexity index is 989. The molecule has 0 aliphatic carbocycles. The van der Waals surface area contributed by atoms with E-state index in [-0.39, 0.29) is 56.2 Å². The summed E-state index contributed by atoms with van der Waals surface area (Å²) in [5.74, 6) is -1.22. The third-order valence-electron chi connectivity index (χ3n) is 6.25. The summed E-state index contributed by atoms with van der Waals surface area (Å²) in [5, 5.41) is 11.0. The second kappa shape index (κ2) is 11.4. The van der Waals surface area contributed by atoms with Gasteiger partial charge in [0, 0.05) is 31.9 Å². The fraction of sp³-hybridized carbons (Fsp3) is 0.462. The monoisotopic (exact) mass is 474 g/mol. The Morgan fingerprint density at radius 3 is 2.41 bits per heavy atom. The molecule has 2 aromatic carbocycles. The topological polar surface area (TPSA) is 70.1 Å². The molecule has 0 aromatic heterocycles. The lowest BCUT2D eigenvalue weighted by atomic mass is 9.87. The van der Waals surface area contributed by atoms with Crippen molar-refractivity contribution in [1.29, 1.82) is 0 Å². The smallest absolute Gasteiger partial charge is 0.229 e. The minimum Gasteiger partial charge on any atom is -0.494 e. The van der Waals surface area contributed by atoms with Crippen molar-refractivity contribution in [2.75, 3.05) is 31.6 Å². The van der Waals surface area contributed by atoms with E-state index in [1.165, 1.54) is 11.0 Å². The number of rotatable bonds is 9. The van der Waals surface area contributed by atoms with Gasteiger partial charge in [-0.2, -0.15) is 0 Å². The lowest BCUT2D eigenvalue weighted by Crippen LogP contribution is -2.49. The number of unbranched alkanes of at least 4 members (excludes halogenated alkanes) is 1. The van der Waals surface area contributed by atoms with Gasteiger partial charge in [0.15, 0.2) is 0 Å². The first-order valence-electron chi connectivity index (χ1n) is 11.6. The van der Waals surface area contributed by atoms with E-state index in [1.807, 2.05) is 12.1 Å². The molecule has 1 fully saturated rings. The lowest BCUT2D eigenvalue weighted by molar-refractivity contribution is -0.136. The van der Waals surface area contributed by atoms with Crippen LogP contribution in [0.1, 0.15) is 44.6 Å². The SMILES string of the molecule is CCCCOc1ccc(N(C)C(=O)CC2(O)CCN(C(=O)Cc3ccc(F)cc3F)CC2)cc1. The van der Waals surface area contributed by atoms with Gasteiger partial charge in [0.05, 0.1) is 25.0 Å². The molecule has 1 heterocycles. The Morgan fingerprint density at radius 1 is 1.12 bits per heavy atom. The van der Waals surface area contributed by atoms with Crippen LogP contribution < -0.4 is 9.64 Å². The largest absolute Gasteiger partial charge is 0.494 e. The van der Waals surface area contributed by atoms with E-state index in [4.69, 9.17) is 4.74 Å². The molecule has 1 saturated heterocycles. The van der Waals surface area contributed by atoms with Crippen molar-refractivity contribution in [2.45, 2.75) is 51.0 Å². The molecule has 0 radical (unpaired) electrons. The van der Waals surface area contributed by atoms with Gasteiger partial charge < -0.3 is 19.6 Å². The summed E-state index contributed by atoms with van der Waals surface area (Å²) < 4.78 is 32.6. The molecule has 6 nitrogen and oxygen atoms in total. The fourth-order valence-electron chi connectivity index (χ4n) is 3.93. The molecular formula is C26H32F2N2O4. The zero-order chi connectivity index (χ0) is 24.7. The van der Waals surface area contributed by atoms with E-state index < -0.39 is 17.2 Å². The van der Waals surface area contributed by atoms with Crippen LogP contribution in [0.5, 0.6) is 5.75 Å². The van der Waals surface area contributed by atoms with Crippen LogP contribution in [0.4, 0.5) is 14.5 Å². The summed E-state index contributed by atoms with van der Waals surface area (Å²) in [5.41, 5.74) is -0.386. The van der Waals surface area contributed by atoms with Crippen LogP contribution in [0.2, 0.25) is 0 Å². The minimum atomic E-state index is -1.22. The molecule has 0 bridgehead atoms. The second-order valence-corrected chi connectivity index (χ2v) is 8.84. The highest BCUT2D eigenvalue weighted by atomic mass is 19.1. The quantitative estimate of drug-likeness (QED) is 0.556. The summed E-state index contributed by atoms with van der Waals surface area (Å²) in [6.45, 7) is 3.27. The van der Waals surface area contributed by atoms with Crippen molar-refractivity contribution in [3.63, 3.8) is 0 Å². The van der Waals surface area contributed by atoms with Crippen molar-refractivity contribution < 1.29 is 28.2 Å². The first-order chi connectivity index (χ1) is 16.2. The number of hydrogen-bond donors (Lipinski definition) is 1. The standard InChI is InChI=1S/C26H32F2N2O4/c1-3-4-15-34-22-9-7-21(8-10-22)29(2)25(32)18-26(33)11-13-30(14-12-26)24(31)16-19-5-6-20(27)17-23(19)28/h5-10,17,33H,3-4,11-16,18H2,1-2H3. The van der Waals surface area contributed by atoms with Crippen molar-refractivity contribution in [1.82, 2.24) is 4.90 Å². The molecule has 1 aliphatic heterocycles. The van der Waals surface area contributed by atoms with Crippen molar-refractivity contribution in [2.24, 2.45) is 0 Å². The molecule has 2 aromatic rings. The van der Waals surface area contributed by atoms with Gasteiger partial charge >= 0.3 is 0 Å². The van der Waals surface area contributed by atoms with Crippen molar-refractivity contribution >= 4 is 17.5 Å². The molecule has 1 N–H and O–H groups in total. The van der Waals surface area contributed by atoms with Gasteiger partial charge in [-0.25, -0.2) is 8.78 Å². The number of amides is 2. The van der Waals surface area contributed by atoms with Crippen LogP contribution in [-0.4, -0.2) is 54.2 Å². The van der Waals surface area contributed by atoms with Gasteiger partial charge in [0.1, 0.15) is 17.4 Å². The molecule has 0 atom stereocenters. The molecule has 1 aliphatic rings. The van der Waals surface area contributed by atoms with Crippen LogP contribution in [-0.2, 0) is 16.0 Å². The Labute approximate surface area is 199 Å². The highest BCUT2D eigenvalue weighted by molar-refractivity contribution is 5.93.